The fraction of sp³-hybridized carbons (Fsp3) is 0.633. The normalized spacial score (nSPS) is 26.2. The van der Waals surface area contributed by atoms with Crippen LogP contribution in [0.4, 0.5) is 4.39 Å². The molecule has 1 heterocycles. The maximum absolute atomic E-state index is 15.1. The molecule has 0 spiro atoms. The second-order valence-electron chi connectivity index (χ2n) is 10.6. The van der Waals surface area contributed by atoms with Crippen molar-refractivity contribution in [1.82, 2.24) is 4.98 Å². The third-order valence-corrected chi connectivity index (χ3v) is 8.35. The molecule has 1 aromatic heterocycles. The summed E-state index contributed by atoms with van der Waals surface area (Å²) in [7, 11) is 0. The molecule has 32 heavy (non-hydrogen) atoms. The highest BCUT2D eigenvalue weighted by Crippen LogP contribution is 2.40. The molecule has 174 valence electrons. The number of hydrogen-bond donors (Lipinski definition) is 0. The smallest absolute Gasteiger partial charge is 0.132 e. The molecule has 2 aliphatic carbocycles. The van der Waals surface area contributed by atoms with Crippen LogP contribution in [-0.4, -0.2) is 4.98 Å². The van der Waals surface area contributed by atoms with E-state index >= 15 is 4.39 Å². The van der Waals surface area contributed by atoms with E-state index in [1.54, 1.807) is 6.07 Å². The molecule has 0 amide bonds. The largest absolute Gasteiger partial charge is 0.256 e. The number of rotatable bonds is 8. The first-order chi connectivity index (χ1) is 15.7. The van der Waals surface area contributed by atoms with Gasteiger partial charge in [0.2, 0.25) is 0 Å². The number of halogens is 1. The van der Waals surface area contributed by atoms with E-state index in [1.165, 1.54) is 94.6 Å². The molecule has 2 saturated carbocycles. The minimum atomic E-state index is -0.115. The molecule has 2 aromatic rings. The Bertz CT molecular complexity index is 826. The van der Waals surface area contributed by atoms with E-state index < -0.39 is 0 Å². The van der Waals surface area contributed by atoms with Crippen molar-refractivity contribution in [3.63, 3.8) is 0 Å². The molecule has 0 N–H and O–H groups in total. The molecule has 0 saturated heterocycles. The Kier molecular flexibility index (Phi) is 8.38. The van der Waals surface area contributed by atoms with Crippen LogP contribution in [0.15, 0.2) is 36.5 Å². The van der Waals surface area contributed by atoms with E-state index in [0.29, 0.717) is 17.4 Å². The van der Waals surface area contributed by atoms with Crippen LogP contribution in [0.2, 0.25) is 0 Å². The average molecular weight is 436 g/mol. The predicted octanol–water partition coefficient (Wildman–Crippen LogP) is 9.43. The first-order valence-corrected chi connectivity index (χ1v) is 13.4. The second-order valence-corrected chi connectivity index (χ2v) is 10.6. The van der Waals surface area contributed by atoms with Crippen LogP contribution in [-0.2, 0) is 0 Å². The van der Waals surface area contributed by atoms with E-state index in [9.17, 15) is 0 Å². The van der Waals surface area contributed by atoms with Gasteiger partial charge in [-0.1, -0.05) is 58.1 Å². The van der Waals surface area contributed by atoms with E-state index in [2.05, 4.69) is 31.0 Å². The van der Waals surface area contributed by atoms with Crippen LogP contribution in [0.5, 0.6) is 0 Å². The zero-order valence-corrected chi connectivity index (χ0v) is 20.3. The van der Waals surface area contributed by atoms with E-state index in [-0.39, 0.29) is 5.82 Å². The van der Waals surface area contributed by atoms with Crippen molar-refractivity contribution in [1.29, 1.82) is 0 Å². The highest BCUT2D eigenvalue weighted by molar-refractivity contribution is 5.60. The van der Waals surface area contributed by atoms with Crippen molar-refractivity contribution in [3.8, 4) is 11.3 Å². The molecule has 1 aromatic carbocycles. The van der Waals surface area contributed by atoms with Gasteiger partial charge in [-0.3, -0.25) is 4.98 Å². The maximum Gasteiger partial charge on any atom is 0.132 e. The third-order valence-electron chi connectivity index (χ3n) is 8.35. The number of benzene rings is 1. The van der Waals surface area contributed by atoms with Gasteiger partial charge in [-0.05, 0) is 104 Å². The van der Waals surface area contributed by atoms with Crippen molar-refractivity contribution in [2.75, 3.05) is 0 Å². The molecule has 2 heteroatoms. The topological polar surface area (TPSA) is 12.9 Å². The Labute approximate surface area is 195 Å². The van der Waals surface area contributed by atoms with Gasteiger partial charge in [-0.25, -0.2) is 4.39 Å². The van der Waals surface area contributed by atoms with Gasteiger partial charge in [0.1, 0.15) is 5.82 Å². The molecule has 0 aliphatic heterocycles. The Balaban J connectivity index is 1.36. The second kappa shape index (κ2) is 11.4. The number of aromatic nitrogens is 1. The van der Waals surface area contributed by atoms with Gasteiger partial charge in [-0.2, -0.15) is 0 Å². The predicted molar refractivity (Wildman–Crippen MR) is 133 cm³/mol. The highest BCUT2D eigenvalue weighted by atomic mass is 19.1. The van der Waals surface area contributed by atoms with E-state index in [0.717, 1.165) is 17.5 Å². The monoisotopic (exact) mass is 435 g/mol. The van der Waals surface area contributed by atoms with Crippen molar-refractivity contribution in [2.45, 2.75) is 109 Å². The van der Waals surface area contributed by atoms with Gasteiger partial charge in [0.05, 0.1) is 5.69 Å². The first kappa shape index (κ1) is 23.5. The lowest BCUT2D eigenvalue weighted by Crippen LogP contribution is -2.13. The third kappa shape index (κ3) is 5.80. The van der Waals surface area contributed by atoms with Crippen LogP contribution < -0.4 is 0 Å². The molecule has 1 nitrogen and oxygen atoms in total. The lowest BCUT2D eigenvalue weighted by Gasteiger charge is -2.29. The SMILES string of the molecule is CCCCC1CCC(c2ccc(-c3ccc(C4CCC(CCC)CC4)cn3)c(F)c2)CC1. The number of hydrogen-bond acceptors (Lipinski definition) is 1. The maximum atomic E-state index is 15.1. The van der Waals surface area contributed by atoms with E-state index in [1.807, 2.05) is 18.3 Å². The summed E-state index contributed by atoms with van der Waals surface area (Å²) in [4.78, 5) is 4.68. The summed E-state index contributed by atoms with van der Waals surface area (Å²) in [6.07, 6.45) is 19.0. The van der Waals surface area contributed by atoms with Gasteiger partial charge < -0.3 is 0 Å². The van der Waals surface area contributed by atoms with Crippen LogP contribution in [0.25, 0.3) is 11.3 Å². The summed E-state index contributed by atoms with van der Waals surface area (Å²) in [5.74, 6) is 2.84. The summed E-state index contributed by atoms with van der Waals surface area (Å²) in [6.45, 7) is 4.57. The fourth-order valence-electron chi connectivity index (χ4n) is 6.27. The van der Waals surface area contributed by atoms with Crippen LogP contribution in [0.1, 0.15) is 120 Å². The van der Waals surface area contributed by atoms with Crippen molar-refractivity contribution in [2.24, 2.45) is 11.8 Å². The van der Waals surface area contributed by atoms with Crippen molar-refractivity contribution >= 4 is 0 Å². The zero-order valence-electron chi connectivity index (χ0n) is 20.3. The molecule has 0 atom stereocenters. The highest BCUT2D eigenvalue weighted by Gasteiger charge is 2.24. The molecule has 0 radical (unpaired) electrons. The van der Waals surface area contributed by atoms with Gasteiger partial charge in [-0.15, -0.1) is 0 Å². The zero-order chi connectivity index (χ0) is 22.3. The molecular weight excluding hydrogens is 393 g/mol. The average Bonchev–Trinajstić information content (AvgIpc) is 2.84. The molecule has 2 fully saturated rings. The number of nitrogens with zero attached hydrogens (tertiary/aromatic N) is 1. The number of unbranched alkanes of at least 4 members (excludes halogenated alkanes) is 1. The quantitative estimate of drug-likeness (QED) is 0.402. The standard InChI is InChI=1S/C30H42FN/c1-3-5-7-23-10-12-24(13-11-23)26-16-18-28(29(31)20-26)30-19-17-27(21-32-30)25-14-8-22(6-4-2)9-15-25/h16-25H,3-15H2,1-2H3. The van der Waals surface area contributed by atoms with Crippen LogP contribution in [0.3, 0.4) is 0 Å². The molecule has 0 bridgehead atoms. The Morgan fingerprint density at radius 3 is 1.94 bits per heavy atom. The van der Waals surface area contributed by atoms with E-state index in [4.69, 9.17) is 0 Å². The molecular formula is C30H42FN. The summed E-state index contributed by atoms with van der Waals surface area (Å²) in [5, 5.41) is 0. The summed E-state index contributed by atoms with van der Waals surface area (Å²) >= 11 is 0. The minimum Gasteiger partial charge on any atom is -0.256 e. The Morgan fingerprint density at radius 1 is 0.750 bits per heavy atom. The fourth-order valence-corrected chi connectivity index (χ4v) is 6.27. The lowest BCUT2D eigenvalue weighted by atomic mass is 9.77. The Hall–Kier alpha value is -1.70. The van der Waals surface area contributed by atoms with Crippen molar-refractivity contribution in [3.05, 3.63) is 53.5 Å². The summed E-state index contributed by atoms with van der Waals surface area (Å²) in [6, 6.07) is 10.1. The van der Waals surface area contributed by atoms with Crippen molar-refractivity contribution < 1.29 is 4.39 Å². The molecule has 2 aliphatic rings. The van der Waals surface area contributed by atoms with Gasteiger partial charge >= 0.3 is 0 Å². The molecule has 0 unspecified atom stereocenters. The van der Waals surface area contributed by atoms with Gasteiger partial charge in [0.15, 0.2) is 0 Å². The van der Waals surface area contributed by atoms with Gasteiger partial charge in [0.25, 0.3) is 0 Å². The summed E-state index contributed by atoms with van der Waals surface area (Å²) < 4.78 is 15.1. The van der Waals surface area contributed by atoms with Crippen LogP contribution >= 0.6 is 0 Å². The number of pyridine rings is 1. The Morgan fingerprint density at radius 2 is 1.38 bits per heavy atom. The van der Waals surface area contributed by atoms with Crippen LogP contribution in [0, 0.1) is 17.7 Å². The lowest BCUT2D eigenvalue weighted by molar-refractivity contribution is 0.304. The minimum absolute atomic E-state index is 0.115. The van der Waals surface area contributed by atoms with Gasteiger partial charge in [0, 0.05) is 11.8 Å². The molecule has 4 rings (SSSR count). The first-order valence-electron chi connectivity index (χ1n) is 13.4. The summed E-state index contributed by atoms with van der Waals surface area (Å²) in [5.41, 5.74) is 3.92.